The van der Waals surface area contributed by atoms with Crippen molar-refractivity contribution in [2.45, 2.75) is 32.7 Å². The second kappa shape index (κ2) is 5.82. The Morgan fingerprint density at radius 2 is 2.44 bits per heavy atom. The number of hydrogen-bond acceptors (Lipinski definition) is 4. The number of aromatic nitrogens is 1. The van der Waals surface area contributed by atoms with Crippen LogP contribution in [0.2, 0.25) is 0 Å². The number of hydrazine groups is 1. The van der Waals surface area contributed by atoms with Gasteiger partial charge in [-0.25, -0.2) is 10.8 Å². The Kier molecular flexibility index (Phi) is 4.15. The lowest BCUT2D eigenvalue weighted by Crippen LogP contribution is -2.25. The zero-order valence-electron chi connectivity index (χ0n) is 10.7. The van der Waals surface area contributed by atoms with E-state index in [0.717, 1.165) is 24.9 Å². The second-order valence-corrected chi connectivity index (χ2v) is 4.79. The molecule has 1 amide bonds. The molecule has 5 nitrogen and oxygen atoms in total. The molecule has 0 aliphatic carbocycles. The van der Waals surface area contributed by atoms with E-state index in [2.05, 4.69) is 17.3 Å². The zero-order valence-corrected chi connectivity index (χ0v) is 10.7. The number of rotatable bonds is 5. The van der Waals surface area contributed by atoms with E-state index in [0.29, 0.717) is 24.7 Å². The lowest BCUT2D eigenvalue weighted by atomic mass is 10.0. The number of nitrogens with zero attached hydrogens (tertiary/aromatic N) is 2. The minimum absolute atomic E-state index is 0.236. The fraction of sp³-hybridized carbons (Fsp3) is 0.538. The molecule has 1 atom stereocenters. The van der Waals surface area contributed by atoms with Crippen LogP contribution in [0.3, 0.4) is 0 Å². The summed E-state index contributed by atoms with van der Waals surface area (Å²) < 4.78 is 0. The SMILES string of the molecule is CCCC1CC(=O)N(Cc2cccnc2NN)C1. The molecule has 1 fully saturated rings. The van der Waals surface area contributed by atoms with Gasteiger partial charge in [0.05, 0.1) is 0 Å². The van der Waals surface area contributed by atoms with Crippen LogP contribution in [0, 0.1) is 5.92 Å². The first kappa shape index (κ1) is 12.8. The van der Waals surface area contributed by atoms with Crippen LogP contribution in [0.15, 0.2) is 18.3 Å². The summed E-state index contributed by atoms with van der Waals surface area (Å²) in [7, 11) is 0. The zero-order chi connectivity index (χ0) is 13.0. The molecule has 0 spiro atoms. The van der Waals surface area contributed by atoms with Crippen LogP contribution < -0.4 is 11.3 Å². The summed E-state index contributed by atoms with van der Waals surface area (Å²) in [6.07, 6.45) is 4.62. The minimum Gasteiger partial charge on any atom is -0.338 e. The van der Waals surface area contributed by atoms with Gasteiger partial charge in [-0.3, -0.25) is 4.79 Å². The van der Waals surface area contributed by atoms with Crippen LogP contribution in [-0.4, -0.2) is 22.3 Å². The molecular formula is C13H20N4O. The number of hydrogen-bond donors (Lipinski definition) is 2. The Labute approximate surface area is 107 Å². The molecule has 5 heteroatoms. The molecule has 2 heterocycles. The maximum Gasteiger partial charge on any atom is 0.223 e. The quantitative estimate of drug-likeness (QED) is 0.612. The number of carbonyl (C=O) groups excluding carboxylic acids is 1. The highest BCUT2D eigenvalue weighted by Crippen LogP contribution is 2.24. The normalized spacial score (nSPS) is 19.3. The molecule has 2 rings (SSSR count). The van der Waals surface area contributed by atoms with Gasteiger partial charge in [-0.05, 0) is 18.4 Å². The standard InChI is InChI=1S/C13H20N4O/c1-2-4-10-7-12(18)17(8-10)9-11-5-3-6-15-13(11)16-14/h3,5-6,10H,2,4,7-9,14H2,1H3,(H,15,16). The van der Waals surface area contributed by atoms with Crippen molar-refractivity contribution in [1.82, 2.24) is 9.88 Å². The third-order valence-corrected chi connectivity index (χ3v) is 3.38. The van der Waals surface area contributed by atoms with E-state index in [1.54, 1.807) is 6.20 Å². The molecule has 1 aromatic heterocycles. The first-order chi connectivity index (χ1) is 8.74. The summed E-state index contributed by atoms with van der Waals surface area (Å²) in [4.78, 5) is 18.0. The molecule has 0 radical (unpaired) electrons. The topological polar surface area (TPSA) is 71.2 Å². The number of likely N-dealkylation sites (tertiary alicyclic amines) is 1. The fourth-order valence-electron chi connectivity index (χ4n) is 2.51. The highest BCUT2D eigenvalue weighted by molar-refractivity contribution is 5.78. The molecule has 1 aliphatic heterocycles. The number of nitrogens with two attached hydrogens (primary N) is 1. The van der Waals surface area contributed by atoms with Gasteiger partial charge < -0.3 is 10.3 Å². The van der Waals surface area contributed by atoms with Crippen LogP contribution in [0.5, 0.6) is 0 Å². The van der Waals surface area contributed by atoms with Crippen molar-refractivity contribution in [3.8, 4) is 0 Å². The largest absolute Gasteiger partial charge is 0.338 e. The van der Waals surface area contributed by atoms with E-state index < -0.39 is 0 Å². The lowest BCUT2D eigenvalue weighted by molar-refractivity contribution is -0.128. The third-order valence-electron chi connectivity index (χ3n) is 3.38. The van der Waals surface area contributed by atoms with Crippen molar-refractivity contribution in [3.05, 3.63) is 23.9 Å². The minimum atomic E-state index is 0.236. The fourth-order valence-corrected chi connectivity index (χ4v) is 2.51. The molecule has 1 aliphatic rings. The first-order valence-corrected chi connectivity index (χ1v) is 6.42. The number of pyridine rings is 1. The average molecular weight is 248 g/mol. The first-order valence-electron chi connectivity index (χ1n) is 6.42. The van der Waals surface area contributed by atoms with Gasteiger partial charge in [-0.15, -0.1) is 0 Å². The van der Waals surface area contributed by atoms with Gasteiger partial charge in [-0.2, -0.15) is 0 Å². The Morgan fingerprint density at radius 3 is 3.17 bits per heavy atom. The number of carbonyl (C=O) groups is 1. The van der Waals surface area contributed by atoms with Crippen LogP contribution in [0.4, 0.5) is 5.82 Å². The molecular weight excluding hydrogens is 228 g/mol. The number of amides is 1. The Hall–Kier alpha value is -1.62. The van der Waals surface area contributed by atoms with E-state index in [1.165, 1.54) is 0 Å². The molecule has 1 aromatic rings. The highest BCUT2D eigenvalue weighted by Gasteiger charge is 2.29. The highest BCUT2D eigenvalue weighted by atomic mass is 16.2. The molecule has 0 bridgehead atoms. The predicted octanol–water partition coefficient (Wildman–Crippen LogP) is 1.52. The number of nitrogens with one attached hydrogen (secondary N) is 1. The van der Waals surface area contributed by atoms with Crippen molar-refractivity contribution in [1.29, 1.82) is 0 Å². The van der Waals surface area contributed by atoms with Crippen molar-refractivity contribution in [2.75, 3.05) is 12.0 Å². The van der Waals surface area contributed by atoms with Crippen LogP contribution in [0.25, 0.3) is 0 Å². The molecule has 98 valence electrons. The predicted molar refractivity (Wildman–Crippen MR) is 70.5 cm³/mol. The van der Waals surface area contributed by atoms with Crippen molar-refractivity contribution in [3.63, 3.8) is 0 Å². The van der Waals surface area contributed by atoms with E-state index >= 15 is 0 Å². The van der Waals surface area contributed by atoms with Gasteiger partial charge >= 0.3 is 0 Å². The summed E-state index contributed by atoms with van der Waals surface area (Å²) in [5.74, 6) is 6.81. The molecule has 0 saturated carbocycles. The van der Waals surface area contributed by atoms with Gasteiger partial charge in [0.15, 0.2) is 0 Å². The van der Waals surface area contributed by atoms with Crippen LogP contribution in [0.1, 0.15) is 31.7 Å². The van der Waals surface area contributed by atoms with E-state index in [-0.39, 0.29) is 5.91 Å². The molecule has 3 N–H and O–H groups in total. The summed E-state index contributed by atoms with van der Waals surface area (Å²) in [5, 5.41) is 0. The van der Waals surface area contributed by atoms with Gasteiger partial charge in [-0.1, -0.05) is 19.4 Å². The Balaban J connectivity index is 2.03. The third kappa shape index (κ3) is 2.79. The number of anilines is 1. The maximum absolute atomic E-state index is 11.9. The average Bonchev–Trinajstić information content (AvgIpc) is 2.71. The molecule has 18 heavy (non-hydrogen) atoms. The summed E-state index contributed by atoms with van der Waals surface area (Å²) >= 11 is 0. The van der Waals surface area contributed by atoms with Gasteiger partial charge in [0, 0.05) is 31.3 Å². The maximum atomic E-state index is 11.9. The Bertz CT molecular complexity index is 421. The summed E-state index contributed by atoms with van der Waals surface area (Å²) in [6, 6.07) is 3.81. The van der Waals surface area contributed by atoms with Crippen LogP contribution >= 0.6 is 0 Å². The lowest BCUT2D eigenvalue weighted by Gasteiger charge is -2.18. The molecule has 1 unspecified atom stereocenters. The monoisotopic (exact) mass is 248 g/mol. The van der Waals surface area contributed by atoms with Crippen molar-refractivity contribution < 1.29 is 4.79 Å². The van der Waals surface area contributed by atoms with Crippen molar-refractivity contribution in [2.24, 2.45) is 11.8 Å². The van der Waals surface area contributed by atoms with Crippen molar-refractivity contribution >= 4 is 11.7 Å². The smallest absolute Gasteiger partial charge is 0.223 e. The van der Waals surface area contributed by atoms with Gasteiger partial charge in [0.1, 0.15) is 5.82 Å². The molecule has 1 saturated heterocycles. The van der Waals surface area contributed by atoms with E-state index in [9.17, 15) is 4.79 Å². The second-order valence-electron chi connectivity index (χ2n) is 4.79. The van der Waals surface area contributed by atoms with E-state index in [4.69, 9.17) is 5.84 Å². The summed E-state index contributed by atoms with van der Waals surface area (Å²) in [5.41, 5.74) is 3.54. The van der Waals surface area contributed by atoms with Gasteiger partial charge in [0.25, 0.3) is 0 Å². The summed E-state index contributed by atoms with van der Waals surface area (Å²) in [6.45, 7) is 3.60. The number of nitrogen functional groups attached to an aromatic ring is 1. The Morgan fingerprint density at radius 1 is 1.61 bits per heavy atom. The molecule has 0 aromatic carbocycles. The van der Waals surface area contributed by atoms with Gasteiger partial charge in [0.2, 0.25) is 5.91 Å². The van der Waals surface area contributed by atoms with Crippen LogP contribution in [-0.2, 0) is 11.3 Å². The van der Waals surface area contributed by atoms with E-state index in [1.807, 2.05) is 17.0 Å².